The number of thioether (sulfide) groups is 1. The van der Waals surface area contributed by atoms with Gasteiger partial charge in [0, 0.05) is 26.2 Å². The van der Waals surface area contributed by atoms with E-state index >= 15 is 0 Å². The average molecular weight is 525 g/mol. The number of Topliss-reactive ketones (excluding diaryl/α,β-unsaturated/α-hetero) is 1. The van der Waals surface area contributed by atoms with Crippen molar-refractivity contribution in [3.8, 4) is 0 Å². The first kappa shape index (κ1) is 28.7. The van der Waals surface area contributed by atoms with Gasteiger partial charge in [0.15, 0.2) is 6.10 Å². The molecule has 0 radical (unpaired) electrons. The van der Waals surface area contributed by atoms with Gasteiger partial charge in [0.25, 0.3) is 0 Å². The number of benzene rings is 2. The fourth-order valence-corrected chi connectivity index (χ4v) is 5.32. The summed E-state index contributed by atoms with van der Waals surface area (Å²) in [7, 11) is 0. The molecule has 37 heavy (non-hydrogen) atoms. The molecular weight excluding hydrogens is 488 g/mol. The molecule has 0 amide bonds. The molecule has 3 rings (SSSR count). The van der Waals surface area contributed by atoms with E-state index in [1.165, 1.54) is 42.3 Å². The van der Waals surface area contributed by atoms with Gasteiger partial charge in [-0.25, -0.2) is 0 Å². The summed E-state index contributed by atoms with van der Waals surface area (Å²) in [4.78, 5) is 34.8. The molecule has 2 aromatic rings. The monoisotopic (exact) mass is 524 g/mol. The van der Waals surface area contributed by atoms with Gasteiger partial charge in [-0.05, 0) is 54.3 Å². The van der Waals surface area contributed by atoms with Crippen LogP contribution in [0.4, 0.5) is 0 Å². The Morgan fingerprint density at radius 2 is 1.62 bits per heavy atom. The minimum atomic E-state index is -0.685. The number of esters is 2. The van der Waals surface area contributed by atoms with Crippen LogP contribution in [0.25, 0.3) is 6.08 Å². The van der Waals surface area contributed by atoms with Crippen LogP contribution in [0.5, 0.6) is 0 Å². The molecule has 1 fully saturated rings. The Morgan fingerprint density at radius 1 is 0.973 bits per heavy atom. The van der Waals surface area contributed by atoms with E-state index in [0.717, 1.165) is 17.5 Å². The van der Waals surface area contributed by atoms with E-state index in [-0.39, 0.29) is 17.8 Å². The zero-order valence-electron chi connectivity index (χ0n) is 22.4. The maximum absolute atomic E-state index is 11.9. The van der Waals surface area contributed by atoms with Gasteiger partial charge < -0.3 is 14.2 Å². The Bertz CT molecular complexity index is 1140. The number of ketones is 1. The minimum absolute atomic E-state index is 0.143. The summed E-state index contributed by atoms with van der Waals surface area (Å²) in [5.41, 5.74) is 5.11. The molecular formula is C30H36O6S. The fraction of sp³-hybridized carbons (Fsp3) is 0.433. The second-order valence-corrected chi connectivity index (χ2v) is 10.5. The number of carbonyl (C=O) groups is 3. The summed E-state index contributed by atoms with van der Waals surface area (Å²) < 4.78 is 17.7. The molecule has 0 unspecified atom stereocenters. The predicted octanol–water partition coefficient (Wildman–Crippen LogP) is 5.84. The first-order chi connectivity index (χ1) is 17.6. The number of allylic oxidation sites excluding steroid dienone is 1. The lowest BCUT2D eigenvalue weighted by Gasteiger charge is -2.44. The Labute approximate surface area is 223 Å². The van der Waals surface area contributed by atoms with Crippen LogP contribution in [0.3, 0.4) is 0 Å². The molecule has 0 aromatic heterocycles. The zero-order valence-corrected chi connectivity index (χ0v) is 23.2. The van der Waals surface area contributed by atoms with Gasteiger partial charge in [-0.1, -0.05) is 61.5 Å². The molecule has 1 saturated heterocycles. The van der Waals surface area contributed by atoms with E-state index in [4.69, 9.17) is 14.2 Å². The van der Waals surface area contributed by atoms with Crippen molar-refractivity contribution in [2.45, 2.75) is 71.2 Å². The third-order valence-electron chi connectivity index (χ3n) is 6.50. The van der Waals surface area contributed by atoms with Gasteiger partial charge >= 0.3 is 11.9 Å². The van der Waals surface area contributed by atoms with Gasteiger partial charge in [0.1, 0.15) is 17.3 Å². The number of carbonyl (C=O) groups excluding carboxylic acids is 3. The summed E-state index contributed by atoms with van der Waals surface area (Å²) in [6.45, 7) is 8.35. The van der Waals surface area contributed by atoms with Crippen molar-refractivity contribution in [3.05, 3.63) is 76.4 Å². The van der Waals surface area contributed by atoms with Crippen molar-refractivity contribution in [2.24, 2.45) is 5.92 Å². The van der Waals surface area contributed by atoms with Crippen molar-refractivity contribution in [1.29, 1.82) is 0 Å². The maximum atomic E-state index is 11.9. The van der Waals surface area contributed by atoms with Crippen LogP contribution in [-0.4, -0.2) is 41.6 Å². The zero-order chi connectivity index (χ0) is 27.1. The lowest BCUT2D eigenvalue weighted by atomic mass is 9.85. The standard InChI is InChI=1S/C30H36O6S/c1-18-10-15-25(17-26(18)16-24-13-11-23(12-14-24)9-7-8-19(2)31)27-20(3)28(34-21(4)32)29(35-22(5)33)30(36-27)37-6/h7,9-15,17,20,27-30H,8,16H2,1-6H3/b9-7+/t20-,27+,28+,29-,30+/m0/s1. The van der Waals surface area contributed by atoms with E-state index in [9.17, 15) is 14.4 Å². The average Bonchev–Trinajstić information content (AvgIpc) is 2.83. The molecule has 2 aromatic carbocycles. The number of ether oxygens (including phenoxy) is 3. The molecule has 5 atom stereocenters. The van der Waals surface area contributed by atoms with Crippen LogP contribution in [0, 0.1) is 12.8 Å². The maximum Gasteiger partial charge on any atom is 0.303 e. The molecule has 0 bridgehead atoms. The fourth-order valence-electron chi connectivity index (χ4n) is 4.61. The quantitative estimate of drug-likeness (QED) is 0.382. The highest BCUT2D eigenvalue weighted by molar-refractivity contribution is 7.99. The normalized spacial score (nSPS) is 23.6. The topological polar surface area (TPSA) is 78.9 Å². The Kier molecular flexibility index (Phi) is 10.1. The molecule has 0 N–H and O–H groups in total. The SMILES string of the molecule is CS[C@H]1O[C@@H](c2ccc(C)c(Cc3ccc(/C=C/CC(C)=O)cc3)c2)[C@H](C)[C@@H](OC(C)=O)[C@@H]1OC(C)=O. The summed E-state index contributed by atoms with van der Waals surface area (Å²) in [6, 6.07) is 14.6. The first-order valence-electron chi connectivity index (χ1n) is 12.5. The molecule has 7 heteroatoms. The third kappa shape index (κ3) is 7.79. The number of rotatable bonds is 9. The van der Waals surface area contributed by atoms with Crippen molar-refractivity contribution >= 4 is 35.6 Å². The van der Waals surface area contributed by atoms with Crippen molar-refractivity contribution in [2.75, 3.05) is 6.26 Å². The van der Waals surface area contributed by atoms with Gasteiger partial charge in [-0.2, -0.15) is 0 Å². The summed E-state index contributed by atoms with van der Waals surface area (Å²) in [5, 5.41) is 0. The van der Waals surface area contributed by atoms with E-state index in [1.807, 2.05) is 25.3 Å². The van der Waals surface area contributed by atoms with Gasteiger partial charge in [-0.15, -0.1) is 11.8 Å². The highest BCUT2D eigenvalue weighted by Crippen LogP contribution is 2.42. The van der Waals surface area contributed by atoms with Gasteiger partial charge in [0.05, 0.1) is 6.10 Å². The summed E-state index contributed by atoms with van der Waals surface area (Å²) >= 11 is 1.43. The van der Waals surface area contributed by atoms with Crippen LogP contribution in [0.2, 0.25) is 0 Å². The Hall–Kier alpha value is -2.90. The summed E-state index contributed by atoms with van der Waals surface area (Å²) in [6.07, 6.45) is 5.29. The lowest BCUT2D eigenvalue weighted by molar-refractivity contribution is -0.208. The van der Waals surface area contributed by atoms with E-state index < -0.39 is 29.6 Å². The highest BCUT2D eigenvalue weighted by Gasteiger charge is 2.48. The molecule has 0 saturated carbocycles. The highest BCUT2D eigenvalue weighted by atomic mass is 32.2. The number of hydrogen-bond acceptors (Lipinski definition) is 7. The molecule has 1 aliphatic rings. The second kappa shape index (κ2) is 13.1. The van der Waals surface area contributed by atoms with E-state index in [2.05, 4.69) is 49.4 Å². The summed E-state index contributed by atoms with van der Waals surface area (Å²) in [5.74, 6) is -0.940. The predicted molar refractivity (Wildman–Crippen MR) is 146 cm³/mol. The van der Waals surface area contributed by atoms with E-state index in [0.29, 0.717) is 6.42 Å². The Morgan fingerprint density at radius 3 is 2.22 bits per heavy atom. The number of hydrogen-bond donors (Lipinski definition) is 0. The molecule has 0 aliphatic carbocycles. The molecule has 1 aliphatic heterocycles. The van der Waals surface area contributed by atoms with Crippen LogP contribution < -0.4 is 0 Å². The smallest absolute Gasteiger partial charge is 0.303 e. The molecule has 198 valence electrons. The largest absolute Gasteiger partial charge is 0.458 e. The van der Waals surface area contributed by atoms with Crippen LogP contribution >= 0.6 is 11.8 Å². The van der Waals surface area contributed by atoms with Gasteiger partial charge in [0.2, 0.25) is 0 Å². The molecule has 6 nitrogen and oxygen atoms in total. The third-order valence-corrected chi connectivity index (χ3v) is 7.34. The Balaban J connectivity index is 1.84. The van der Waals surface area contributed by atoms with Crippen LogP contribution in [-0.2, 0) is 35.0 Å². The molecule has 1 heterocycles. The van der Waals surface area contributed by atoms with Crippen molar-refractivity contribution in [1.82, 2.24) is 0 Å². The first-order valence-corrected chi connectivity index (χ1v) is 13.7. The van der Waals surface area contributed by atoms with Crippen LogP contribution in [0.1, 0.15) is 68.0 Å². The minimum Gasteiger partial charge on any atom is -0.458 e. The van der Waals surface area contributed by atoms with E-state index in [1.54, 1.807) is 6.92 Å². The van der Waals surface area contributed by atoms with Crippen LogP contribution in [0.15, 0.2) is 48.5 Å². The lowest BCUT2D eigenvalue weighted by Crippen LogP contribution is -2.52. The molecule has 0 spiro atoms. The van der Waals surface area contributed by atoms with Crippen molar-refractivity contribution in [3.63, 3.8) is 0 Å². The second-order valence-electron chi connectivity index (χ2n) is 9.58. The number of aryl methyl sites for hydroxylation is 1. The van der Waals surface area contributed by atoms with Gasteiger partial charge in [-0.3, -0.25) is 14.4 Å². The van der Waals surface area contributed by atoms with Crippen molar-refractivity contribution < 1.29 is 28.6 Å².